The van der Waals surface area contributed by atoms with Crippen LogP contribution >= 0.6 is 0 Å². The van der Waals surface area contributed by atoms with Crippen LogP contribution in [0.4, 0.5) is 0 Å². The van der Waals surface area contributed by atoms with E-state index >= 15 is 0 Å². The summed E-state index contributed by atoms with van der Waals surface area (Å²) in [5, 5.41) is 0. The molecule has 0 fully saturated rings. The molecule has 0 amide bonds. The fourth-order valence-corrected chi connectivity index (χ4v) is 2.15. The predicted octanol–water partition coefficient (Wildman–Crippen LogP) is 5.13. The van der Waals surface area contributed by atoms with E-state index in [0.717, 1.165) is 25.7 Å². The van der Waals surface area contributed by atoms with Crippen molar-refractivity contribution in [2.24, 2.45) is 5.41 Å². The van der Waals surface area contributed by atoms with Crippen molar-refractivity contribution in [2.45, 2.75) is 85.5 Å². The van der Waals surface area contributed by atoms with Crippen LogP contribution in [-0.4, -0.2) is 5.78 Å². The highest BCUT2D eigenvalue weighted by Gasteiger charge is 2.17. The lowest BCUT2D eigenvalue weighted by molar-refractivity contribution is -0.119. The number of unbranched alkanes of at least 4 members (excludes halogenated alkanes) is 2. The topological polar surface area (TPSA) is 17.1 Å². The summed E-state index contributed by atoms with van der Waals surface area (Å²) in [6.07, 6.45) is 10.1. The molecule has 16 heavy (non-hydrogen) atoms. The zero-order valence-corrected chi connectivity index (χ0v) is 11.8. The van der Waals surface area contributed by atoms with Crippen molar-refractivity contribution in [2.75, 3.05) is 0 Å². The van der Waals surface area contributed by atoms with Crippen LogP contribution in [0.3, 0.4) is 0 Å². The van der Waals surface area contributed by atoms with Gasteiger partial charge in [0, 0.05) is 12.8 Å². The SMILES string of the molecule is CCCCCC(C)(C)CCCC(=O)CCC. The van der Waals surface area contributed by atoms with Crippen molar-refractivity contribution in [3.05, 3.63) is 0 Å². The summed E-state index contributed by atoms with van der Waals surface area (Å²) in [7, 11) is 0. The van der Waals surface area contributed by atoms with Crippen LogP contribution in [0.25, 0.3) is 0 Å². The Kier molecular flexibility index (Phi) is 8.60. The molecule has 0 aromatic heterocycles. The molecule has 0 bridgehead atoms. The second-order valence-electron chi connectivity index (χ2n) is 5.76. The predicted molar refractivity (Wildman–Crippen MR) is 71.7 cm³/mol. The van der Waals surface area contributed by atoms with E-state index in [9.17, 15) is 4.79 Å². The first-order valence-electron chi connectivity index (χ1n) is 7.03. The van der Waals surface area contributed by atoms with Crippen LogP contribution in [0.1, 0.15) is 85.5 Å². The Morgan fingerprint density at radius 1 is 0.875 bits per heavy atom. The molecule has 0 aliphatic rings. The molecule has 0 aromatic rings. The molecular weight excluding hydrogens is 196 g/mol. The molecule has 1 nitrogen and oxygen atoms in total. The zero-order valence-electron chi connectivity index (χ0n) is 11.8. The van der Waals surface area contributed by atoms with Crippen LogP contribution in [-0.2, 0) is 4.79 Å². The summed E-state index contributed by atoms with van der Waals surface area (Å²) in [6, 6.07) is 0. The second kappa shape index (κ2) is 8.78. The molecule has 0 saturated carbocycles. The first kappa shape index (κ1) is 15.7. The van der Waals surface area contributed by atoms with Crippen LogP contribution in [0.15, 0.2) is 0 Å². The summed E-state index contributed by atoms with van der Waals surface area (Å²) < 4.78 is 0. The Morgan fingerprint density at radius 3 is 2.06 bits per heavy atom. The lowest BCUT2D eigenvalue weighted by Gasteiger charge is -2.24. The smallest absolute Gasteiger partial charge is 0.132 e. The minimum absolute atomic E-state index is 0.432. The minimum Gasteiger partial charge on any atom is -0.300 e. The van der Waals surface area contributed by atoms with Crippen molar-refractivity contribution < 1.29 is 4.79 Å². The summed E-state index contributed by atoms with van der Waals surface area (Å²) in [5.74, 6) is 0.451. The normalized spacial score (nSPS) is 11.8. The van der Waals surface area contributed by atoms with Gasteiger partial charge in [0.05, 0.1) is 0 Å². The number of Topliss-reactive ketones (excluding diaryl/α,β-unsaturated/α-hetero) is 1. The molecule has 0 aliphatic heterocycles. The van der Waals surface area contributed by atoms with Crippen LogP contribution in [0, 0.1) is 5.41 Å². The van der Waals surface area contributed by atoms with Gasteiger partial charge in [0.25, 0.3) is 0 Å². The Balaban J connectivity index is 3.60. The highest BCUT2D eigenvalue weighted by molar-refractivity contribution is 5.78. The maximum absolute atomic E-state index is 11.4. The number of carbonyl (C=O) groups excluding carboxylic acids is 1. The lowest BCUT2D eigenvalue weighted by Crippen LogP contribution is -2.12. The van der Waals surface area contributed by atoms with Crippen molar-refractivity contribution in [1.82, 2.24) is 0 Å². The van der Waals surface area contributed by atoms with E-state index in [0.29, 0.717) is 11.2 Å². The van der Waals surface area contributed by atoms with Gasteiger partial charge in [0.15, 0.2) is 0 Å². The quantitative estimate of drug-likeness (QED) is 0.472. The third-order valence-corrected chi connectivity index (χ3v) is 3.30. The molecule has 0 atom stereocenters. The summed E-state index contributed by atoms with van der Waals surface area (Å²) in [5.41, 5.74) is 0.432. The first-order valence-corrected chi connectivity index (χ1v) is 7.03. The Bertz CT molecular complexity index is 182. The van der Waals surface area contributed by atoms with Gasteiger partial charge in [-0.1, -0.05) is 47.0 Å². The molecule has 0 aliphatic carbocycles. The largest absolute Gasteiger partial charge is 0.300 e. The van der Waals surface area contributed by atoms with Crippen LogP contribution in [0.2, 0.25) is 0 Å². The minimum atomic E-state index is 0.432. The van der Waals surface area contributed by atoms with Gasteiger partial charge in [-0.2, -0.15) is 0 Å². The summed E-state index contributed by atoms with van der Waals surface area (Å²) in [4.78, 5) is 11.4. The van der Waals surface area contributed by atoms with Crippen molar-refractivity contribution in [1.29, 1.82) is 0 Å². The summed E-state index contributed by atoms with van der Waals surface area (Å²) >= 11 is 0. The highest BCUT2D eigenvalue weighted by atomic mass is 16.1. The van der Waals surface area contributed by atoms with Gasteiger partial charge in [-0.25, -0.2) is 0 Å². The fourth-order valence-electron chi connectivity index (χ4n) is 2.15. The molecule has 0 rings (SSSR count). The van der Waals surface area contributed by atoms with E-state index in [-0.39, 0.29) is 0 Å². The van der Waals surface area contributed by atoms with Crippen LogP contribution < -0.4 is 0 Å². The Labute approximate surface area is 102 Å². The highest BCUT2D eigenvalue weighted by Crippen LogP contribution is 2.29. The summed E-state index contributed by atoms with van der Waals surface area (Å²) in [6.45, 7) is 9.00. The van der Waals surface area contributed by atoms with E-state index in [4.69, 9.17) is 0 Å². The number of carbonyl (C=O) groups is 1. The van der Waals surface area contributed by atoms with Crippen LogP contribution in [0.5, 0.6) is 0 Å². The molecule has 0 N–H and O–H groups in total. The number of hydrogen-bond acceptors (Lipinski definition) is 1. The molecule has 0 unspecified atom stereocenters. The maximum atomic E-state index is 11.4. The van der Waals surface area contributed by atoms with E-state index < -0.39 is 0 Å². The fraction of sp³-hybridized carbons (Fsp3) is 0.933. The van der Waals surface area contributed by atoms with Gasteiger partial charge in [-0.15, -0.1) is 0 Å². The second-order valence-corrected chi connectivity index (χ2v) is 5.76. The van der Waals surface area contributed by atoms with E-state index in [1.54, 1.807) is 0 Å². The van der Waals surface area contributed by atoms with Gasteiger partial charge >= 0.3 is 0 Å². The zero-order chi connectivity index (χ0) is 12.4. The maximum Gasteiger partial charge on any atom is 0.132 e. The molecule has 0 radical (unpaired) electrons. The Morgan fingerprint density at radius 2 is 1.50 bits per heavy atom. The molecule has 0 heterocycles. The van der Waals surface area contributed by atoms with E-state index in [2.05, 4.69) is 27.7 Å². The molecule has 0 saturated heterocycles. The number of rotatable bonds is 10. The van der Waals surface area contributed by atoms with Crippen molar-refractivity contribution >= 4 is 5.78 Å². The van der Waals surface area contributed by atoms with Gasteiger partial charge < -0.3 is 0 Å². The van der Waals surface area contributed by atoms with Gasteiger partial charge in [-0.3, -0.25) is 4.79 Å². The van der Waals surface area contributed by atoms with E-state index in [1.807, 2.05) is 0 Å². The standard InChI is InChI=1S/C15H30O/c1-5-7-8-12-15(3,4)13-9-11-14(16)10-6-2/h5-13H2,1-4H3. The van der Waals surface area contributed by atoms with E-state index in [1.165, 1.54) is 32.1 Å². The third kappa shape index (κ3) is 8.94. The lowest BCUT2D eigenvalue weighted by atomic mass is 9.82. The van der Waals surface area contributed by atoms with Crippen molar-refractivity contribution in [3.8, 4) is 0 Å². The Hall–Kier alpha value is -0.330. The molecule has 0 spiro atoms. The number of hydrogen-bond donors (Lipinski definition) is 0. The molecular formula is C15H30O. The molecule has 0 aromatic carbocycles. The van der Waals surface area contributed by atoms with Gasteiger partial charge in [0.1, 0.15) is 5.78 Å². The average molecular weight is 226 g/mol. The number of ketones is 1. The van der Waals surface area contributed by atoms with Gasteiger partial charge in [-0.05, 0) is 31.1 Å². The van der Waals surface area contributed by atoms with Crippen molar-refractivity contribution in [3.63, 3.8) is 0 Å². The first-order chi connectivity index (χ1) is 7.52. The third-order valence-electron chi connectivity index (χ3n) is 3.30. The monoisotopic (exact) mass is 226 g/mol. The average Bonchev–Trinajstić information content (AvgIpc) is 2.18. The molecule has 96 valence electrons. The van der Waals surface area contributed by atoms with Gasteiger partial charge in [0.2, 0.25) is 0 Å². The molecule has 1 heteroatoms.